The molecule has 0 fully saturated rings. The first-order valence-electron chi connectivity index (χ1n) is 2.78. The summed E-state index contributed by atoms with van der Waals surface area (Å²) in [5.41, 5.74) is -0.0428. The van der Waals surface area contributed by atoms with E-state index in [1.807, 2.05) is 0 Å². The van der Waals surface area contributed by atoms with Gasteiger partial charge in [0.25, 0.3) is 0 Å². The highest BCUT2D eigenvalue weighted by Crippen LogP contribution is 2.07. The quantitative estimate of drug-likeness (QED) is 0.480. The highest BCUT2D eigenvalue weighted by molar-refractivity contribution is 5.91. The molecule has 3 N–H and O–H groups in total. The molecule has 54 valence electrons. The molecule has 10 heavy (non-hydrogen) atoms. The van der Waals surface area contributed by atoms with Crippen molar-refractivity contribution in [2.24, 2.45) is 0 Å². The molecule has 0 atom stereocenters. The third-order valence-corrected chi connectivity index (χ3v) is 1.17. The fourth-order valence-electron chi connectivity index (χ4n) is 0.696. The number of carbonyl (C=O) groups is 1. The maximum Gasteiger partial charge on any atom is 0.339 e. The number of hydrogen-bond donors (Lipinski definition) is 3. The Labute approximate surface area is 57.5 Å². The Bertz CT molecular complexity index is 217. The number of aliphatic hydroxyl groups excluding tert-OH is 1. The van der Waals surface area contributed by atoms with Gasteiger partial charge in [-0.2, -0.15) is 0 Å². The molecule has 0 spiro atoms. The van der Waals surface area contributed by atoms with Crippen LogP contribution in [0, 0.1) is 0 Å². The summed E-state index contributed by atoms with van der Waals surface area (Å²) in [6, 6.07) is 0. The molecule has 0 aliphatic carbocycles. The largest absolute Gasteiger partial charge is 0.506 e. The third-order valence-electron chi connectivity index (χ3n) is 1.17. The molecule has 4 nitrogen and oxygen atoms in total. The normalized spacial score (nSPS) is 16.8. The van der Waals surface area contributed by atoms with Crippen LogP contribution in [0.25, 0.3) is 0 Å². The van der Waals surface area contributed by atoms with Gasteiger partial charge in [0.1, 0.15) is 11.3 Å². The number of carboxylic acids is 1. The Morgan fingerprint density at radius 2 is 2.40 bits per heavy atom. The van der Waals surface area contributed by atoms with Crippen LogP contribution in [0.1, 0.15) is 0 Å². The Kier molecular flexibility index (Phi) is 1.62. The van der Waals surface area contributed by atoms with Crippen LogP contribution < -0.4 is 5.32 Å². The first kappa shape index (κ1) is 6.67. The van der Waals surface area contributed by atoms with Crippen molar-refractivity contribution >= 4 is 5.97 Å². The van der Waals surface area contributed by atoms with Crippen molar-refractivity contribution in [3.8, 4) is 0 Å². The fraction of sp³-hybridized carbons (Fsp3) is 0.167. The van der Waals surface area contributed by atoms with E-state index in [2.05, 4.69) is 5.32 Å². The van der Waals surface area contributed by atoms with E-state index in [0.29, 0.717) is 6.54 Å². The number of carboxylic acid groups (broad SMARTS) is 1. The molecular weight excluding hydrogens is 134 g/mol. The second-order valence-electron chi connectivity index (χ2n) is 1.86. The zero-order valence-corrected chi connectivity index (χ0v) is 5.16. The average molecular weight is 141 g/mol. The van der Waals surface area contributed by atoms with E-state index in [9.17, 15) is 4.79 Å². The summed E-state index contributed by atoms with van der Waals surface area (Å²) in [6.45, 7) is 0.450. The van der Waals surface area contributed by atoms with Gasteiger partial charge in [0.05, 0.1) is 0 Å². The zero-order chi connectivity index (χ0) is 7.56. The molecular formula is C6H7NO3. The monoisotopic (exact) mass is 141 g/mol. The van der Waals surface area contributed by atoms with Crippen molar-refractivity contribution in [1.82, 2.24) is 5.32 Å². The van der Waals surface area contributed by atoms with Gasteiger partial charge in [-0.1, -0.05) is 0 Å². The number of aliphatic hydroxyl groups is 1. The highest BCUT2D eigenvalue weighted by Gasteiger charge is 2.13. The molecule has 1 heterocycles. The lowest BCUT2D eigenvalue weighted by atomic mass is 10.2. The van der Waals surface area contributed by atoms with Gasteiger partial charge < -0.3 is 15.5 Å². The highest BCUT2D eigenvalue weighted by atomic mass is 16.4. The standard InChI is InChI=1S/C6H7NO3/c8-5-3-7-2-1-4(5)6(9)10/h1,3,7-8H,2H2,(H,9,10). The van der Waals surface area contributed by atoms with Gasteiger partial charge in [0.2, 0.25) is 0 Å². The zero-order valence-electron chi connectivity index (χ0n) is 5.16. The lowest BCUT2D eigenvalue weighted by molar-refractivity contribution is -0.132. The molecule has 0 radical (unpaired) electrons. The van der Waals surface area contributed by atoms with Crippen LogP contribution in [0.3, 0.4) is 0 Å². The van der Waals surface area contributed by atoms with Crippen molar-refractivity contribution in [2.75, 3.05) is 6.54 Å². The second-order valence-corrected chi connectivity index (χ2v) is 1.86. The topological polar surface area (TPSA) is 69.6 Å². The molecule has 0 saturated heterocycles. The van der Waals surface area contributed by atoms with Crippen molar-refractivity contribution in [3.63, 3.8) is 0 Å². The van der Waals surface area contributed by atoms with E-state index in [1.54, 1.807) is 0 Å². The van der Waals surface area contributed by atoms with Gasteiger partial charge in [0.15, 0.2) is 0 Å². The lowest BCUT2D eigenvalue weighted by Gasteiger charge is -2.07. The first-order chi connectivity index (χ1) is 4.72. The number of hydrogen-bond acceptors (Lipinski definition) is 3. The van der Waals surface area contributed by atoms with E-state index in [-0.39, 0.29) is 11.3 Å². The summed E-state index contributed by atoms with van der Waals surface area (Å²) < 4.78 is 0. The molecule has 1 aliphatic rings. The van der Waals surface area contributed by atoms with Crippen LogP contribution in [-0.2, 0) is 4.79 Å². The van der Waals surface area contributed by atoms with Gasteiger partial charge in [-0.25, -0.2) is 4.79 Å². The van der Waals surface area contributed by atoms with Gasteiger partial charge >= 0.3 is 5.97 Å². The van der Waals surface area contributed by atoms with Crippen LogP contribution in [0.4, 0.5) is 0 Å². The Hall–Kier alpha value is -1.45. The molecule has 0 unspecified atom stereocenters. The number of nitrogens with one attached hydrogen (secondary N) is 1. The molecule has 4 heteroatoms. The smallest absolute Gasteiger partial charge is 0.339 e. The maximum atomic E-state index is 10.3. The summed E-state index contributed by atoms with van der Waals surface area (Å²) in [7, 11) is 0. The van der Waals surface area contributed by atoms with Gasteiger partial charge in [-0.05, 0) is 6.08 Å². The number of dihydropyridines is 1. The summed E-state index contributed by atoms with van der Waals surface area (Å²) in [5, 5.41) is 20.0. The predicted octanol–water partition coefficient (Wildman–Crippen LogP) is 0. The molecule has 0 aromatic rings. The van der Waals surface area contributed by atoms with Crippen LogP contribution in [0.2, 0.25) is 0 Å². The lowest BCUT2D eigenvalue weighted by Crippen LogP contribution is -2.16. The molecule has 0 aromatic carbocycles. The molecule has 0 bridgehead atoms. The van der Waals surface area contributed by atoms with E-state index in [4.69, 9.17) is 10.2 Å². The van der Waals surface area contributed by atoms with Crippen molar-refractivity contribution in [2.45, 2.75) is 0 Å². The Morgan fingerprint density at radius 3 is 2.80 bits per heavy atom. The van der Waals surface area contributed by atoms with Gasteiger partial charge in [-0.3, -0.25) is 0 Å². The van der Waals surface area contributed by atoms with E-state index < -0.39 is 5.97 Å². The molecule has 0 saturated carbocycles. The molecule has 0 amide bonds. The predicted molar refractivity (Wildman–Crippen MR) is 34.4 cm³/mol. The van der Waals surface area contributed by atoms with E-state index in [0.717, 1.165) is 0 Å². The minimum atomic E-state index is -1.10. The number of rotatable bonds is 1. The van der Waals surface area contributed by atoms with Crippen LogP contribution in [0.5, 0.6) is 0 Å². The number of aliphatic carboxylic acids is 1. The fourth-order valence-corrected chi connectivity index (χ4v) is 0.696. The van der Waals surface area contributed by atoms with Crippen molar-refractivity contribution in [3.05, 3.63) is 23.6 Å². The summed E-state index contributed by atoms with van der Waals surface area (Å²) in [6.07, 6.45) is 2.68. The van der Waals surface area contributed by atoms with Crippen LogP contribution >= 0.6 is 0 Å². The van der Waals surface area contributed by atoms with Crippen LogP contribution in [0.15, 0.2) is 23.6 Å². The minimum absolute atomic E-state index is 0.0428. The first-order valence-corrected chi connectivity index (χ1v) is 2.78. The molecule has 0 aromatic heterocycles. The minimum Gasteiger partial charge on any atom is -0.506 e. The van der Waals surface area contributed by atoms with E-state index in [1.165, 1.54) is 12.3 Å². The molecule has 1 rings (SSSR count). The average Bonchev–Trinajstić information content (AvgIpc) is 1.88. The van der Waals surface area contributed by atoms with Crippen molar-refractivity contribution < 1.29 is 15.0 Å². The molecule has 1 aliphatic heterocycles. The Morgan fingerprint density at radius 1 is 1.70 bits per heavy atom. The summed E-state index contributed by atoms with van der Waals surface area (Å²) in [4.78, 5) is 10.3. The summed E-state index contributed by atoms with van der Waals surface area (Å²) >= 11 is 0. The van der Waals surface area contributed by atoms with E-state index >= 15 is 0 Å². The summed E-state index contributed by atoms with van der Waals surface area (Å²) in [5.74, 6) is -1.32. The van der Waals surface area contributed by atoms with Crippen molar-refractivity contribution in [1.29, 1.82) is 0 Å². The maximum absolute atomic E-state index is 10.3. The van der Waals surface area contributed by atoms with Gasteiger partial charge in [-0.15, -0.1) is 0 Å². The SMILES string of the molecule is O=C(O)C1=CCNC=C1O. The Balaban J connectivity index is 2.84. The van der Waals surface area contributed by atoms with Gasteiger partial charge in [0, 0.05) is 12.7 Å². The van der Waals surface area contributed by atoms with Crippen LogP contribution in [-0.4, -0.2) is 22.7 Å². The second kappa shape index (κ2) is 2.43. The third kappa shape index (κ3) is 1.10.